The molecule has 5 nitrogen and oxygen atoms in total. The summed E-state index contributed by atoms with van der Waals surface area (Å²) < 4.78 is 5.46. The molecule has 3 fully saturated rings. The maximum Gasteiger partial charge on any atom is 0.253 e. The zero-order valence-corrected chi connectivity index (χ0v) is 17.0. The lowest BCUT2D eigenvalue weighted by Crippen LogP contribution is -2.43. The number of ether oxygens (including phenoxy) is 1. The van der Waals surface area contributed by atoms with Gasteiger partial charge in [0.2, 0.25) is 5.91 Å². The molecular formula is C23H32N2O3. The summed E-state index contributed by atoms with van der Waals surface area (Å²) in [6.07, 6.45) is 7.36. The number of likely N-dealkylation sites (tertiary alicyclic amines) is 2. The second kappa shape index (κ2) is 8.14. The average molecular weight is 385 g/mol. The normalized spacial score (nSPS) is 22.2. The molecule has 2 saturated heterocycles. The maximum absolute atomic E-state index is 12.9. The van der Waals surface area contributed by atoms with Crippen molar-refractivity contribution in [3.63, 3.8) is 0 Å². The monoisotopic (exact) mass is 384 g/mol. The van der Waals surface area contributed by atoms with Crippen LogP contribution >= 0.6 is 0 Å². The van der Waals surface area contributed by atoms with Gasteiger partial charge in [0.05, 0.1) is 6.61 Å². The SMILES string of the molecule is CCOc1ccc(C(=O)N2CCC3(CCC(=O)N(CC4CC4)CC3)CC2)cc1. The third-order valence-electron chi connectivity index (χ3n) is 6.83. The number of nitrogens with zero attached hydrogens (tertiary/aromatic N) is 2. The van der Waals surface area contributed by atoms with Crippen LogP contribution in [-0.4, -0.2) is 54.4 Å². The Kier molecular flexibility index (Phi) is 5.61. The van der Waals surface area contributed by atoms with Crippen molar-refractivity contribution in [2.24, 2.45) is 11.3 Å². The summed E-state index contributed by atoms with van der Waals surface area (Å²) in [5.41, 5.74) is 0.967. The van der Waals surface area contributed by atoms with Crippen molar-refractivity contribution in [3.8, 4) is 5.75 Å². The molecular weight excluding hydrogens is 352 g/mol. The third kappa shape index (κ3) is 4.34. The first-order valence-corrected chi connectivity index (χ1v) is 10.9. The standard InChI is InChI=1S/C23H32N2O3/c1-2-28-20-7-5-19(6-8-20)22(27)24-14-11-23(12-15-24)10-9-21(26)25(16-13-23)17-18-3-4-18/h5-8,18H,2-4,9-17H2,1H3. The zero-order valence-electron chi connectivity index (χ0n) is 17.0. The van der Waals surface area contributed by atoms with E-state index in [0.717, 1.165) is 69.1 Å². The highest BCUT2D eigenvalue weighted by Crippen LogP contribution is 2.42. The topological polar surface area (TPSA) is 49.9 Å². The molecule has 1 aromatic rings. The Labute approximate surface area is 168 Å². The zero-order chi connectivity index (χ0) is 19.6. The van der Waals surface area contributed by atoms with Gasteiger partial charge < -0.3 is 14.5 Å². The van der Waals surface area contributed by atoms with Crippen LogP contribution in [0.2, 0.25) is 0 Å². The molecule has 1 spiro atoms. The predicted molar refractivity (Wildman–Crippen MR) is 108 cm³/mol. The molecule has 1 aromatic carbocycles. The van der Waals surface area contributed by atoms with Crippen LogP contribution in [0.1, 0.15) is 62.2 Å². The molecule has 152 valence electrons. The summed E-state index contributed by atoms with van der Waals surface area (Å²) in [6.45, 7) is 6.04. The molecule has 0 atom stereocenters. The Morgan fingerprint density at radius 3 is 2.39 bits per heavy atom. The number of piperidine rings is 1. The minimum atomic E-state index is 0.109. The Bertz CT molecular complexity index is 703. The van der Waals surface area contributed by atoms with E-state index in [9.17, 15) is 9.59 Å². The Morgan fingerprint density at radius 1 is 1.07 bits per heavy atom. The van der Waals surface area contributed by atoms with Gasteiger partial charge in [0.1, 0.15) is 5.75 Å². The van der Waals surface area contributed by atoms with E-state index < -0.39 is 0 Å². The van der Waals surface area contributed by atoms with E-state index >= 15 is 0 Å². The van der Waals surface area contributed by atoms with Gasteiger partial charge in [-0.1, -0.05) is 0 Å². The predicted octanol–water partition coefficient (Wildman–Crippen LogP) is 3.73. The third-order valence-corrected chi connectivity index (χ3v) is 6.83. The number of benzene rings is 1. The smallest absolute Gasteiger partial charge is 0.253 e. The molecule has 0 bridgehead atoms. The van der Waals surface area contributed by atoms with Crippen molar-refractivity contribution in [1.82, 2.24) is 9.80 Å². The van der Waals surface area contributed by atoms with Crippen LogP contribution in [0.15, 0.2) is 24.3 Å². The van der Waals surface area contributed by atoms with E-state index in [1.165, 1.54) is 12.8 Å². The Balaban J connectivity index is 1.33. The lowest BCUT2D eigenvalue weighted by atomic mass is 9.73. The first kappa shape index (κ1) is 19.3. The summed E-state index contributed by atoms with van der Waals surface area (Å²) >= 11 is 0. The first-order valence-electron chi connectivity index (χ1n) is 10.9. The fraction of sp³-hybridized carbons (Fsp3) is 0.652. The van der Waals surface area contributed by atoms with Gasteiger partial charge in [-0.3, -0.25) is 9.59 Å². The Morgan fingerprint density at radius 2 is 1.75 bits per heavy atom. The molecule has 28 heavy (non-hydrogen) atoms. The van der Waals surface area contributed by atoms with E-state index in [4.69, 9.17) is 4.74 Å². The maximum atomic E-state index is 12.9. The fourth-order valence-electron chi connectivity index (χ4n) is 4.68. The number of carbonyl (C=O) groups excluding carboxylic acids is 2. The van der Waals surface area contributed by atoms with E-state index in [1.54, 1.807) is 0 Å². The van der Waals surface area contributed by atoms with Gasteiger partial charge in [0.15, 0.2) is 0 Å². The number of hydrogen-bond donors (Lipinski definition) is 0. The van der Waals surface area contributed by atoms with Gasteiger partial charge in [-0.05, 0) is 81.0 Å². The summed E-state index contributed by atoms with van der Waals surface area (Å²) in [5, 5.41) is 0. The Hall–Kier alpha value is -2.04. The minimum Gasteiger partial charge on any atom is -0.494 e. The number of hydrogen-bond acceptors (Lipinski definition) is 3. The van der Waals surface area contributed by atoms with Crippen LogP contribution in [0.25, 0.3) is 0 Å². The van der Waals surface area contributed by atoms with Crippen LogP contribution in [0.5, 0.6) is 5.75 Å². The van der Waals surface area contributed by atoms with E-state index in [-0.39, 0.29) is 11.3 Å². The van der Waals surface area contributed by atoms with Crippen molar-refractivity contribution < 1.29 is 14.3 Å². The number of amides is 2. The minimum absolute atomic E-state index is 0.109. The van der Waals surface area contributed by atoms with Crippen molar-refractivity contribution in [2.75, 3.05) is 32.8 Å². The van der Waals surface area contributed by atoms with E-state index in [1.807, 2.05) is 36.1 Å². The summed E-state index contributed by atoms with van der Waals surface area (Å²) in [4.78, 5) is 29.4. The second-order valence-corrected chi connectivity index (χ2v) is 8.78. The molecule has 1 saturated carbocycles. The number of carbonyl (C=O) groups is 2. The van der Waals surface area contributed by atoms with Crippen molar-refractivity contribution in [3.05, 3.63) is 29.8 Å². The van der Waals surface area contributed by atoms with Gasteiger partial charge >= 0.3 is 0 Å². The van der Waals surface area contributed by atoms with Gasteiger partial charge in [-0.25, -0.2) is 0 Å². The molecule has 3 aliphatic rings. The van der Waals surface area contributed by atoms with Gasteiger partial charge in [-0.2, -0.15) is 0 Å². The second-order valence-electron chi connectivity index (χ2n) is 8.78. The molecule has 0 radical (unpaired) electrons. The van der Waals surface area contributed by atoms with Gasteiger partial charge in [0.25, 0.3) is 5.91 Å². The lowest BCUT2D eigenvalue weighted by molar-refractivity contribution is -0.130. The largest absolute Gasteiger partial charge is 0.494 e. The molecule has 0 aromatic heterocycles. The van der Waals surface area contributed by atoms with Crippen LogP contribution in [-0.2, 0) is 4.79 Å². The van der Waals surface area contributed by atoms with Crippen LogP contribution in [0, 0.1) is 11.3 Å². The van der Waals surface area contributed by atoms with Crippen molar-refractivity contribution in [2.45, 2.75) is 51.9 Å². The van der Waals surface area contributed by atoms with Gasteiger partial charge in [0, 0.05) is 38.2 Å². The highest BCUT2D eigenvalue weighted by molar-refractivity contribution is 5.94. The van der Waals surface area contributed by atoms with E-state index in [0.29, 0.717) is 18.9 Å². The van der Waals surface area contributed by atoms with Gasteiger partial charge in [-0.15, -0.1) is 0 Å². The van der Waals surface area contributed by atoms with Crippen molar-refractivity contribution >= 4 is 11.8 Å². The van der Waals surface area contributed by atoms with E-state index in [2.05, 4.69) is 4.90 Å². The summed E-state index contributed by atoms with van der Waals surface area (Å²) in [7, 11) is 0. The fourth-order valence-corrected chi connectivity index (χ4v) is 4.68. The molecule has 2 amide bonds. The summed E-state index contributed by atoms with van der Waals surface area (Å²) in [5.74, 6) is 2.01. The van der Waals surface area contributed by atoms with Crippen LogP contribution < -0.4 is 4.74 Å². The van der Waals surface area contributed by atoms with Crippen LogP contribution in [0.4, 0.5) is 0 Å². The highest BCUT2D eigenvalue weighted by atomic mass is 16.5. The molecule has 2 heterocycles. The van der Waals surface area contributed by atoms with Crippen molar-refractivity contribution in [1.29, 1.82) is 0 Å². The molecule has 5 heteroatoms. The average Bonchev–Trinajstić information content (AvgIpc) is 3.55. The quantitative estimate of drug-likeness (QED) is 0.777. The summed E-state index contributed by atoms with van der Waals surface area (Å²) in [6, 6.07) is 7.45. The van der Waals surface area contributed by atoms with Crippen LogP contribution in [0.3, 0.4) is 0 Å². The number of rotatable bonds is 5. The molecule has 2 aliphatic heterocycles. The highest BCUT2D eigenvalue weighted by Gasteiger charge is 2.39. The molecule has 1 aliphatic carbocycles. The first-order chi connectivity index (χ1) is 13.6. The molecule has 0 N–H and O–H groups in total. The molecule has 0 unspecified atom stereocenters. The molecule has 4 rings (SSSR count). The lowest BCUT2D eigenvalue weighted by Gasteiger charge is -2.41.